The van der Waals surface area contributed by atoms with Crippen LogP contribution < -0.4 is 4.90 Å². The summed E-state index contributed by atoms with van der Waals surface area (Å²) >= 11 is 0. The molecule has 1 aliphatic carbocycles. The van der Waals surface area contributed by atoms with Gasteiger partial charge in [0.25, 0.3) is 5.91 Å². The van der Waals surface area contributed by atoms with Crippen LogP contribution in [0.3, 0.4) is 0 Å². The lowest BCUT2D eigenvalue weighted by molar-refractivity contribution is -0.112. The van der Waals surface area contributed by atoms with Crippen molar-refractivity contribution in [2.24, 2.45) is 0 Å². The molecule has 3 nitrogen and oxygen atoms in total. The lowest BCUT2D eigenvalue weighted by atomic mass is 10.1. The van der Waals surface area contributed by atoms with Crippen LogP contribution in [0.25, 0.3) is 0 Å². The first-order valence-electron chi connectivity index (χ1n) is 7.84. The van der Waals surface area contributed by atoms with Gasteiger partial charge in [-0.25, -0.2) is 8.78 Å². The maximum atomic E-state index is 13.2. The molecule has 0 radical (unpaired) electrons. The van der Waals surface area contributed by atoms with Gasteiger partial charge in [0.15, 0.2) is 0 Å². The molecular formula is C19H18F2N2O. The van der Waals surface area contributed by atoms with E-state index in [1.165, 1.54) is 23.3 Å². The van der Waals surface area contributed by atoms with Crippen LogP contribution in [0.5, 0.6) is 0 Å². The molecule has 0 saturated heterocycles. The second kappa shape index (κ2) is 6.51. The third-order valence-corrected chi connectivity index (χ3v) is 4.20. The van der Waals surface area contributed by atoms with E-state index in [1.807, 2.05) is 24.3 Å². The number of halogens is 2. The third-order valence-electron chi connectivity index (χ3n) is 4.20. The highest BCUT2D eigenvalue weighted by Gasteiger charge is 2.24. The van der Waals surface area contributed by atoms with Crippen molar-refractivity contribution in [3.8, 4) is 0 Å². The molecule has 0 bridgehead atoms. The Kier molecular flexibility index (Phi) is 4.42. The fourth-order valence-electron chi connectivity index (χ4n) is 2.70. The summed E-state index contributed by atoms with van der Waals surface area (Å²) in [4.78, 5) is 13.7. The molecule has 1 amide bonds. The van der Waals surface area contributed by atoms with Crippen LogP contribution in [-0.4, -0.2) is 18.7 Å². The van der Waals surface area contributed by atoms with Crippen molar-refractivity contribution < 1.29 is 13.6 Å². The van der Waals surface area contributed by atoms with Gasteiger partial charge in [-0.2, -0.15) is 0 Å². The minimum Gasteiger partial charge on any atom is -0.310 e. The second-order valence-corrected chi connectivity index (χ2v) is 6.16. The molecule has 24 heavy (non-hydrogen) atoms. The highest BCUT2D eigenvalue weighted by molar-refractivity contribution is 6.42. The molecule has 2 aromatic carbocycles. The Balaban J connectivity index is 1.68. The SMILES string of the molecule is CN(C(=O)C(=N)Cc1cc(F)cc(F)c1)c1ccc(C2CC2)cc1. The maximum Gasteiger partial charge on any atom is 0.272 e. The van der Waals surface area contributed by atoms with Crippen molar-refractivity contribution >= 4 is 17.3 Å². The summed E-state index contributed by atoms with van der Waals surface area (Å²) in [5.41, 5.74) is 2.02. The number of hydrogen-bond acceptors (Lipinski definition) is 2. The van der Waals surface area contributed by atoms with Crippen molar-refractivity contribution in [3.05, 3.63) is 65.2 Å². The van der Waals surface area contributed by atoms with Crippen molar-refractivity contribution in [3.63, 3.8) is 0 Å². The van der Waals surface area contributed by atoms with E-state index in [9.17, 15) is 13.6 Å². The van der Waals surface area contributed by atoms with Crippen molar-refractivity contribution in [2.75, 3.05) is 11.9 Å². The molecule has 2 aromatic rings. The minimum atomic E-state index is -0.714. The van der Waals surface area contributed by atoms with Gasteiger partial charge in [0.2, 0.25) is 0 Å². The van der Waals surface area contributed by atoms with E-state index < -0.39 is 17.5 Å². The number of rotatable bonds is 5. The monoisotopic (exact) mass is 328 g/mol. The number of nitrogens with zero attached hydrogens (tertiary/aromatic N) is 1. The summed E-state index contributed by atoms with van der Waals surface area (Å²) in [6, 6.07) is 10.8. The number of carbonyl (C=O) groups is 1. The molecular weight excluding hydrogens is 310 g/mol. The number of anilines is 1. The van der Waals surface area contributed by atoms with Gasteiger partial charge in [0.1, 0.15) is 17.3 Å². The zero-order valence-electron chi connectivity index (χ0n) is 13.4. The smallest absolute Gasteiger partial charge is 0.272 e. The van der Waals surface area contributed by atoms with Crippen molar-refractivity contribution in [2.45, 2.75) is 25.2 Å². The summed E-state index contributed by atoms with van der Waals surface area (Å²) in [6.07, 6.45) is 2.31. The average Bonchev–Trinajstić information content (AvgIpc) is 3.37. The van der Waals surface area contributed by atoms with Crippen molar-refractivity contribution in [1.82, 2.24) is 0 Å². The van der Waals surface area contributed by atoms with E-state index in [0.29, 0.717) is 11.6 Å². The van der Waals surface area contributed by atoms with E-state index in [1.54, 1.807) is 7.05 Å². The van der Waals surface area contributed by atoms with Crippen LogP contribution in [0, 0.1) is 17.0 Å². The van der Waals surface area contributed by atoms with Gasteiger partial charge in [0, 0.05) is 25.2 Å². The lowest BCUT2D eigenvalue weighted by Gasteiger charge is -2.18. The zero-order valence-corrected chi connectivity index (χ0v) is 13.4. The molecule has 5 heteroatoms. The maximum absolute atomic E-state index is 13.2. The third kappa shape index (κ3) is 3.67. The highest BCUT2D eigenvalue weighted by atomic mass is 19.1. The van der Waals surface area contributed by atoms with Gasteiger partial charge >= 0.3 is 0 Å². The number of hydrogen-bond donors (Lipinski definition) is 1. The highest BCUT2D eigenvalue weighted by Crippen LogP contribution is 2.40. The second-order valence-electron chi connectivity index (χ2n) is 6.16. The summed E-state index contributed by atoms with van der Waals surface area (Å²) in [7, 11) is 1.59. The Morgan fingerprint density at radius 2 is 1.71 bits per heavy atom. The summed E-state index contributed by atoms with van der Waals surface area (Å²) in [6.45, 7) is 0. The zero-order chi connectivity index (χ0) is 17.3. The summed E-state index contributed by atoms with van der Waals surface area (Å²) in [5.74, 6) is -1.27. The standard InChI is InChI=1S/C19H18F2N2O/c1-23(17-6-4-14(5-7-17)13-2-3-13)19(24)18(22)10-12-8-15(20)11-16(21)9-12/h4-9,11,13,22H,2-3,10H2,1H3. The molecule has 0 atom stereocenters. The topological polar surface area (TPSA) is 44.2 Å². The predicted octanol–water partition coefficient (Wildman–Crippen LogP) is 4.07. The van der Waals surface area contributed by atoms with Gasteiger partial charge in [0.05, 0.1) is 0 Å². The first-order chi connectivity index (χ1) is 11.4. The molecule has 1 saturated carbocycles. The first kappa shape index (κ1) is 16.3. The van der Waals surface area contributed by atoms with E-state index >= 15 is 0 Å². The largest absolute Gasteiger partial charge is 0.310 e. The number of nitrogens with one attached hydrogen (secondary N) is 1. The van der Waals surface area contributed by atoms with E-state index in [4.69, 9.17) is 5.41 Å². The Morgan fingerprint density at radius 3 is 2.25 bits per heavy atom. The van der Waals surface area contributed by atoms with Crippen LogP contribution >= 0.6 is 0 Å². The number of carbonyl (C=O) groups excluding carboxylic acids is 1. The average molecular weight is 328 g/mol. The van der Waals surface area contributed by atoms with Crippen molar-refractivity contribution in [1.29, 1.82) is 5.41 Å². The van der Waals surface area contributed by atoms with Crippen LogP contribution in [-0.2, 0) is 11.2 Å². The van der Waals surface area contributed by atoms with Crippen LogP contribution in [0.15, 0.2) is 42.5 Å². The number of amides is 1. The molecule has 0 heterocycles. The molecule has 0 unspecified atom stereocenters. The molecule has 1 aliphatic rings. The molecule has 1 fully saturated rings. The van der Waals surface area contributed by atoms with Crippen LogP contribution in [0.4, 0.5) is 14.5 Å². The molecule has 3 rings (SSSR count). The van der Waals surface area contributed by atoms with Gasteiger partial charge in [-0.3, -0.25) is 10.2 Å². The Morgan fingerprint density at radius 1 is 1.12 bits per heavy atom. The molecule has 0 aromatic heterocycles. The van der Waals surface area contributed by atoms with Gasteiger partial charge in [-0.15, -0.1) is 0 Å². The molecule has 124 valence electrons. The summed E-state index contributed by atoms with van der Waals surface area (Å²) in [5, 5.41) is 7.94. The fraction of sp³-hybridized carbons (Fsp3) is 0.263. The fourth-order valence-corrected chi connectivity index (χ4v) is 2.70. The van der Waals surface area contributed by atoms with E-state index in [0.717, 1.165) is 18.2 Å². The van der Waals surface area contributed by atoms with Crippen LogP contribution in [0.1, 0.15) is 29.9 Å². The quantitative estimate of drug-likeness (QED) is 0.826. The van der Waals surface area contributed by atoms with Crippen LogP contribution in [0.2, 0.25) is 0 Å². The lowest BCUT2D eigenvalue weighted by Crippen LogP contribution is -2.33. The van der Waals surface area contributed by atoms with Gasteiger partial charge < -0.3 is 4.90 Å². The van der Waals surface area contributed by atoms with Gasteiger partial charge in [-0.1, -0.05) is 12.1 Å². The van der Waals surface area contributed by atoms with Gasteiger partial charge in [-0.05, 0) is 54.2 Å². The van der Waals surface area contributed by atoms with E-state index in [2.05, 4.69) is 0 Å². The Labute approximate surface area is 139 Å². The summed E-state index contributed by atoms with van der Waals surface area (Å²) < 4.78 is 26.4. The molecule has 1 N–H and O–H groups in total. The Hall–Kier alpha value is -2.56. The predicted molar refractivity (Wildman–Crippen MR) is 89.6 cm³/mol. The molecule has 0 aliphatic heterocycles. The normalized spacial score (nSPS) is 13.6. The minimum absolute atomic E-state index is 0.113. The first-order valence-corrected chi connectivity index (χ1v) is 7.84. The number of benzene rings is 2. The molecule has 0 spiro atoms. The Bertz CT molecular complexity index is 762. The van der Waals surface area contributed by atoms with E-state index in [-0.39, 0.29) is 17.7 Å².